The Bertz CT molecular complexity index is 904. The highest BCUT2D eigenvalue weighted by molar-refractivity contribution is 5.48. The van der Waals surface area contributed by atoms with Crippen molar-refractivity contribution < 1.29 is 0 Å². The number of fused-ring (bicyclic) bond motifs is 1. The summed E-state index contributed by atoms with van der Waals surface area (Å²) in [7, 11) is 0. The van der Waals surface area contributed by atoms with Crippen LogP contribution in [0.3, 0.4) is 0 Å². The van der Waals surface area contributed by atoms with E-state index in [0.717, 1.165) is 32.1 Å². The number of nitrogens with one attached hydrogen (secondary N) is 1. The lowest BCUT2D eigenvalue weighted by atomic mass is 9.88. The molecule has 0 bridgehead atoms. The SMILES string of the molecule is NC1CC(N)CN(c2nc(NC3CCCc4ccccc43)nc(N3CC(N)CC(N)C3)n2)C1. The number of piperidine rings is 2. The Balaban J connectivity index is 1.48. The van der Waals surface area contributed by atoms with E-state index in [0.29, 0.717) is 44.0 Å². The molecule has 0 radical (unpaired) electrons. The van der Waals surface area contributed by atoms with Gasteiger partial charge in [0, 0.05) is 50.3 Å². The molecule has 2 aliphatic heterocycles. The van der Waals surface area contributed by atoms with E-state index < -0.39 is 0 Å². The van der Waals surface area contributed by atoms with Gasteiger partial charge >= 0.3 is 0 Å². The molecule has 10 heteroatoms. The third-order valence-corrected chi connectivity index (χ3v) is 6.88. The van der Waals surface area contributed by atoms with Crippen LogP contribution in [0.15, 0.2) is 24.3 Å². The molecule has 5 atom stereocenters. The fourth-order valence-corrected chi connectivity index (χ4v) is 5.44. The Labute approximate surface area is 195 Å². The zero-order chi connectivity index (χ0) is 22.9. The van der Waals surface area contributed by atoms with Gasteiger partial charge in [0.15, 0.2) is 0 Å². The number of hydrogen-bond donors (Lipinski definition) is 5. The normalized spacial score (nSPS) is 30.1. The molecule has 33 heavy (non-hydrogen) atoms. The highest BCUT2D eigenvalue weighted by atomic mass is 15.4. The molecule has 2 saturated heterocycles. The summed E-state index contributed by atoms with van der Waals surface area (Å²) in [4.78, 5) is 18.6. The van der Waals surface area contributed by atoms with Gasteiger partial charge in [-0.2, -0.15) is 15.0 Å². The number of hydrogen-bond acceptors (Lipinski definition) is 10. The van der Waals surface area contributed by atoms with Crippen LogP contribution in [0, 0.1) is 0 Å². The molecular formula is C23H36N10. The molecule has 0 saturated carbocycles. The summed E-state index contributed by atoms with van der Waals surface area (Å²) in [6.07, 6.45) is 4.87. The van der Waals surface area contributed by atoms with Crippen LogP contribution in [0.4, 0.5) is 17.8 Å². The maximum absolute atomic E-state index is 6.26. The van der Waals surface area contributed by atoms with Gasteiger partial charge in [-0.05, 0) is 43.2 Å². The van der Waals surface area contributed by atoms with Crippen molar-refractivity contribution in [3.8, 4) is 0 Å². The Morgan fingerprint density at radius 1 is 0.758 bits per heavy atom. The quantitative estimate of drug-likeness (QED) is 0.430. The lowest BCUT2D eigenvalue weighted by Crippen LogP contribution is -2.54. The molecule has 2 aromatic rings. The molecule has 2 fully saturated rings. The number of aromatic nitrogens is 3. The molecular weight excluding hydrogens is 416 g/mol. The molecule has 3 aliphatic rings. The number of nitrogens with two attached hydrogens (primary N) is 4. The first kappa shape index (κ1) is 22.3. The van der Waals surface area contributed by atoms with E-state index >= 15 is 0 Å². The van der Waals surface area contributed by atoms with Crippen molar-refractivity contribution in [1.82, 2.24) is 15.0 Å². The Morgan fingerprint density at radius 2 is 1.30 bits per heavy atom. The van der Waals surface area contributed by atoms with E-state index in [4.69, 9.17) is 37.9 Å². The van der Waals surface area contributed by atoms with Gasteiger partial charge in [0.05, 0.1) is 6.04 Å². The summed E-state index contributed by atoms with van der Waals surface area (Å²) < 4.78 is 0. The van der Waals surface area contributed by atoms with Gasteiger partial charge in [0.25, 0.3) is 0 Å². The van der Waals surface area contributed by atoms with Crippen molar-refractivity contribution >= 4 is 17.8 Å². The maximum atomic E-state index is 6.26. The van der Waals surface area contributed by atoms with Crippen LogP contribution in [0.25, 0.3) is 0 Å². The Morgan fingerprint density at radius 3 is 1.88 bits per heavy atom. The highest BCUT2D eigenvalue weighted by Crippen LogP contribution is 2.32. The van der Waals surface area contributed by atoms with E-state index in [2.05, 4.69) is 39.4 Å². The van der Waals surface area contributed by atoms with E-state index in [1.807, 2.05) is 0 Å². The summed E-state index contributed by atoms with van der Waals surface area (Å²) >= 11 is 0. The standard InChI is InChI=1S/C23H36N10/c24-15-8-16(25)11-32(10-15)22-29-21(28-20-7-3-5-14-4-1-2-6-19(14)20)30-23(31-22)33-12-17(26)9-18(27)13-33/h1-2,4,6,15-18,20H,3,5,7-13,24-27H2,(H,28,29,30,31). The number of rotatable bonds is 4. The first-order chi connectivity index (χ1) is 15.9. The summed E-state index contributed by atoms with van der Waals surface area (Å²) in [5, 5.41) is 3.60. The molecule has 5 rings (SSSR count). The second-order valence-corrected chi connectivity index (χ2v) is 9.87. The minimum absolute atomic E-state index is 0.00701. The third-order valence-electron chi connectivity index (χ3n) is 6.88. The first-order valence-electron chi connectivity index (χ1n) is 12.1. The van der Waals surface area contributed by atoms with Crippen molar-refractivity contribution in [2.75, 3.05) is 41.3 Å². The lowest BCUT2D eigenvalue weighted by molar-refractivity contribution is 0.441. The fraction of sp³-hybridized carbons (Fsp3) is 0.609. The molecule has 5 unspecified atom stereocenters. The number of benzene rings is 1. The predicted octanol–water partition coefficient (Wildman–Crippen LogP) is 0.0905. The number of aryl methyl sites for hydroxylation is 1. The maximum Gasteiger partial charge on any atom is 0.232 e. The zero-order valence-electron chi connectivity index (χ0n) is 19.1. The van der Waals surface area contributed by atoms with Crippen molar-refractivity contribution in [3.05, 3.63) is 35.4 Å². The molecule has 9 N–H and O–H groups in total. The van der Waals surface area contributed by atoms with Crippen LogP contribution in [0.5, 0.6) is 0 Å². The van der Waals surface area contributed by atoms with Crippen LogP contribution in [0.2, 0.25) is 0 Å². The molecule has 10 nitrogen and oxygen atoms in total. The molecule has 178 valence electrons. The minimum Gasteiger partial charge on any atom is -0.347 e. The van der Waals surface area contributed by atoms with Gasteiger partial charge in [-0.3, -0.25) is 0 Å². The summed E-state index contributed by atoms with van der Waals surface area (Å²) in [6, 6.07) is 8.73. The highest BCUT2D eigenvalue weighted by Gasteiger charge is 2.29. The van der Waals surface area contributed by atoms with Crippen LogP contribution in [-0.2, 0) is 6.42 Å². The minimum atomic E-state index is -0.00701. The van der Waals surface area contributed by atoms with Gasteiger partial charge in [-0.1, -0.05) is 24.3 Å². The van der Waals surface area contributed by atoms with Crippen molar-refractivity contribution in [3.63, 3.8) is 0 Å². The summed E-state index contributed by atoms with van der Waals surface area (Å²) in [5.41, 5.74) is 27.7. The van der Waals surface area contributed by atoms with Crippen LogP contribution in [0.1, 0.15) is 42.9 Å². The molecule has 0 amide bonds. The van der Waals surface area contributed by atoms with E-state index in [1.165, 1.54) is 11.1 Å². The number of nitrogens with zero attached hydrogens (tertiary/aromatic N) is 5. The summed E-state index contributed by atoms with van der Waals surface area (Å²) in [6.45, 7) is 2.67. The topological polar surface area (TPSA) is 161 Å². The molecule has 0 spiro atoms. The largest absolute Gasteiger partial charge is 0.347 e. The van der Waals surface area contributed by atoms with Gasteiger partial charge in [0.1, 0.15) is 0 Å². The Kier molecular flexibility index (Phi) is 6.33. The smallest absolute Gasteiger partial charge is 0.232 e. The van der Waals surface area contributed by atoms with Crippen molar-refractivity contribution in [1.29, 1.82) is 0 Å². The molecule has 1 aromatic carbocycles. The second-order valence-electron chi connectivity index (χ2n) is 9.87. The number of anilines is 3. The van der Waals surface area contributed by atoms with Crippen LogP contribution < -0.4 is 38.1 Å². The first-order valence-corrected chi connectivity index (χ1v) is 12.1. The van der Waals surface area contributed by atoms with Crippen LogP contribution in [-0.4, -0.2) is 65.3 Å². The summed E-state index contributed by atoms with van der Waals surface area (Å²) in [5.74, 6) is 1.77. The average molecular weight is 453 g/mol. The molecule has 1 aromatic heterocycles. The van der Waals surface area contributed by atoms with Gasteiger partial charge < -0.3 is 38.1 Å². The van der Waals surface area contributed by atoms with Crippen molar-refractivity contribution in [2.45, 2.75) is 62.3 Å². The third kappa shape index (κ3) is 5.03. The van der Waals surface area contributed by atoms with E-state index in [-0.39, 0.29) is 30.2 Å². The second kappa shape index (κ2) is 9.38. The van der Waals surface area contributed by atoms with Gasteiger partial charge in [-0.25, -0.2) is 0 Å². The molecule has 1 aliphatic carbocycles. The molecule has 3 heterocycles. The Hall–Kier alpha value is -2.53. The predicted molar refractivity (Wildman–Crippen MR) is 131 cm³/mol. The van der Waals surface area contributed by atoms with Gasteiger partial charge in [0.2, 0.25) is 17.8 Å². The van der Waals surface area contributed by atoms with Gasteiger partial charge in [-0.15, -0.1) is 0 Å². The van der Waals surface area contributed by atoms with Crippen LogP contribution >= 0.6 is 0 Å². The fourth-order valence-electron chi connectivity index (χ4n) is 5.44. The monoisotopic (exact) mass is 452 g/mol. The zero-order valence-corrected chi connectivity index (χ0v) is 19.1. The average Bonchev–Trinajstić information content (AvgIpc) is 2.78. The van der Waals surface area contributed by atoms with E-state index in [1.54, 1.807) is 0 Å². The van der Waals surface area contributed by atoms with E-state index in [9.17, 15) is 0 Å². The van der Waals surface area contributed by atoms with Crippen molar-refractivity contribution in [2.24, 2.45) is 22.9 Å². The lowest BCUT2D eigenvalue weighted by Gasteiger charge is -2.37.